The Labute approximate surface area is 123 Å². The number of nitrogens with one attached hydrogen (secondary N) is 1. The number of nitrogens with two attached hydrogens (primary N) is 1. The van der Waals surface area contributed by atoms with Gasteiger partial charge in [0, 0.05) is 16.7 Å². The van der Waals surface area contributed by atoms with E-state index in [-0.39, 0.29) is 16.7 Å². The highest BCUT2D eigenvalue weighted by atomic mass is 79.9. The minimum absolute atomic E-state index is 0.0940. The number of rotatable bonds is 3. The van der Waals surface area contributed by atoms with Crippen LogP contribution in [-0.4, -0.2) is 12.5 Å². The van der Waals surface area contributed by atoms with Gasteiger partial charge in [-0.15, -0.1) is 0 Å². The summed E-state index contributed by atoms with van der Waals surface area (Å²) in [5.74, 6) is 0.420. The number of hydrogen-bond acceptors (Lipinski definition) is 2. The summed E-state index contributed by atoms with van der Waals surface area (Å²) in [5.41, 5.74) is 7.47. The van der Waals surface area contributed by atoms with Gasteiger partial charge in [-0.2, -0.15) is 0 Å². The molecule has 1 aromatic rings. The Bertz CT molecular complexity index is 509. The topological polar surface area (TPSA) is 55.1 Å². The molecule has 1 saturated carbocycles. The fourth-order valence-corrected chi connectivity index (χ4v) is 3.25. The maximum atomic E-state index is 12.1. The van der Waals surface area contributed by atoms with Crippen LogP contribution < -0.4 is 11.1 Å². The molecular formula is C15H21BrN2O. The van der Waals surface area contributed by atoms with Gasteiger partial charge in [0.2, 0.25) is 0 Å². The molecule has 2 rings (SSSR count). The molecule has 1 fully saturated rings. The molecule has 0 radical (unpaired) electrons. The second-order valence-electron chi connectivity index (χ2n) is 6.44. The summed E-state index contributed by atoms with van der Waals surface area (Å²) in [4.78, 5) is 12.1. The van der Waals surface area contributed by atoms with Gasteiger partial charge in [0.05, 0.1) is 5.56 Å². The van der Waals surface area contributed by atoms with Crippen molar-refractivity contribution in [3.05, 3.63) is 28.2 Å². The fraction of sp³-hybridized carbons (Fsp3) is 0.533. The van der Waals surface area contributed by atoms with Crippen LogP contribution in [0.1, 0.15) is 38.1 Å². The average Bonchev–Trinajstić information content (AvgIpc) is 2.66. The molecule has 0 aliphatic heterocycles. The van der Waals surface area contributed by atoms with E-state index in [1.54, 1.807) is 12.1 Å². The van der Waals surface area contributed by atoms with Gasteiger partial charge in [0.1, 0.15) is 0 Å². The Hall–Kier alpha value is -1.03. The van der Waals surface area contributed by atoms with Crippen molar-refractivity contribution in [2.24, 2.45) is 16.7 Å². The lowest BCUT2D eigenvalue weighted by atomic mass is 10.0. The number of nitrogen functional groups attached to an aromatic ring is 1. The van der Waals surface area contributed by atoms with Gasteiger partial charge in [0.25, 0.3) is 5.91 Å². The first-order chi connectivity index (χ1) is 8.68. The molecule has 0 aromatic heterocycles. The Morgan fingerprint density at radius 2 is 1.89 bits per heavy atom. The molecule has 0 heterocycles. The number of halogens is 1. The Morgan fingerprint density at radius 3 is 2.37 bits per heavy atom. The van der Waals surface area contributed by atoms with E-state index in [0.29, 0.717) is 23.7 Å². The third kappa shape index (κ3) is 2.38. The van der Waals surface area contributed by atoms with Crippen molar-refractivity contribution < 1.29 is 4.79 Å². The van der Waals surface area contributed by atoms with Crippen molar-refractivity contribution in [3.8, 4) is 0 Å². The molecule has 0 unspecified atom stereocenters. The standard InChI is InChI=1S/C15H21BrN2O/c1-14(2)12(15(14,3)4)8-18-13(19)10-6-5-9(16)7-11(10)17/h5-7,12H,8,17H2,1-4H3,(H,18,19). The lowest BCUT2D eigenvalue weighted by Gasteiger charge is -2.08. The summed E-state index contributed by atoms with van der Waals surface area (Å²) < 4.78 is 0.881. The van der Waals surface area contributed by atoms with E-state index in [2.05, 4.69) is 48.9 Å². The zero-order chi connectivity index (χ0) is 14.4. The number of amides is 1. The van der Waals surface area contributed by atoms with E-state index in [4.69, 9.17) is 5.73 Å². The van der Waals surface area contributed by atoms with E-state index in [1.165, 1.54) is 0 Å². The maximum Gasteiger partial charge on any atom is 0.253 e. The number of anilines is 1. The molecule has 3 N–H and O–H groups in total. The van der Waals surface area contributed by atoms with Crippen molar-refractivity contribution in [3.63, 3.8) is 0 Å². The summed E-state index contributed by atoms with van der Waals surface area (Å²) in [6.45, 7) is 9.69. The van der Waals surface area contributed by atoms with Crippen molar-refractivity contribution in [1.29, 1.82) is 0 Å². The molecule has 0 atom stereocenters. The molecule has 0 saturated heterocycles. The first-order valence-corrected chi connectivity index (χ1v) is 7.30. The molecule has 4 heteroatoms. The molecule has 1 aliphatic rings. The first kappa shape index (κ1) is 14.4. The van der Waals surface area contributed by atoms with E-state index in [9.17, 15) is 4.79 Å². The smallest absolute Gasteiger partial charge is 0.253 e. The molecule has 19 heavy (non-hydrogen) atoms. The van der Waals surface area contributed by atoms with E-state index in [0.717, 1.165) is 4.47 Å². The summed E-state index contributed by atoms with van der Waals surface area (Å²) in [7, 11) is 0. The Balaban J connectivity index is 2.00. The molecule has 1 aromatic carbocycles. The van der Waals surface area contributed by atoms with Crippen LogP contribution in [0.5, 0.6) is 0 Å². The minimum Gasteiger partial charge on any atom is -0.398 e. The highest BCUT2D eigenvalue weighted by Gasteiger charge is 2.64. The zero-order valence-corrected chi connectivity index (χ0v) is 13.5. The van der Waals surface area contributed by atoms with Gasteiger partial charge < -0.3 is 11.1 Å². The molecule has 1 aliphatic carbocycles. The van der Waals surface area contributed by atoms with E-state index >= 15 is 0 Å². The van der Waals surface area contributed by atoms with Crippen molar-refractivity contribution >= 4 is 27.5 Å². The number of hydrogen-bond donors (Lipinski definition) is 2. The van der Waals surface area contributed by atoms with Crippen molar-refractivity contribution in [2.75, 3.05) is 12.3 Å². The van der Waals surface area contributed by atoms with Crippen LogP contribution in [0.3, 0.4) is 0 Å². The van der Waals surface area contributed by atoms with Gasteiger partial charge in [-0.25, -0.2) is 0 Å². The molecule has 0 bridgehead atoms. The minimum atomic E-state index is -0.0940. The van der Waals surface area contributed by atoms with Crippen molar-refractivity contribution in [1.82, 2.24) is 5.32 Å². The molecule has 1 amide bonds. The fourth-order valence-electron chi connectivity index (χ4n) is 2.87. The number of carbonyl (C=O) groups is 1. The molecular weight excluding hydrogens is 304 g/mol. The SMILES string of the molecule is CC1(C)C(CNC(=O)c2ccc(Br)cc2N)C1(C)C. The zero-order valence-electron chi connectivity index (χ0n) is 11.9. The van der Waals surface area contributed by atoms with Crippen LogP contribution in [0, 0.1) is 16.7 Å². The Morgan fingerprint density at radius 1 is 1.32 bits per heavy atom. The van der Waals surface area contributed by atoms with Gasteiger partial charge >= 0.3 is 0 Å². The molecule has 0 spiro atoms. The van der Waals surface area contributed by atoms with Crippen LogP contribution >= 0.6 is 15.9 Å². The maximum absolute atomic E-state index is 12.1. The van der Waals surface area contributed by atoms with Crippen molar-refractivity contribution in [2.45, 2.75) is 27.7 Å². The van der Waals surface area contributed by atoms with Gasteiger partial charge in [-0.1, -0.05) is 43.6 Å². The van der Waals surface area contributed by atoms with Crippen LogP contribution in [0.25, 0.3) is 0 Å². The van der Waals surface area contributed by atoms with Crippen LogP contribution in [0.2, 0.25) is 0 Å². The van der Waals surface area contributed by atoms with Crippen LogP contribution in [-0.2, 0) is 0 Å². The summed E-state index contributed by atoms with van der Waals surface area (Å²) >= 11 is 3.34. The molecule has 104 valence electrons. The lowest BCUT2D eigenvalue weighted by molar-refractivity contribution is 0.0951. The third-order valence-electron chi connectivity index (χ3n) is 5.04. The first-order valence-electron chi connectivity index (χ1n) is 6.51. The monoisotopic (exact) mass is 324 g/mol. The second-order valence-corrected chi connectivity index (χ2v) is 7.35. The highest BCUT2D eigenvalue weighted by Crippen LogP contribution is 2.67. The average molecular weight is 325 g/mol. The largest absolute Gasteiger partial charge is 0.398 e. The summed E-state index contributed by atoms with van der Waals surface area (Å²) in [5, 5.41) is 3.00. The lowest BCUT2D eigenvalue weighted by Crippen LogP contribution is -2.27. The van der Waals surface area contributed by atoms with Crippen LogP contribution in [0.4, 0.5) is 5.69 Å². The normalized spacial score (nSPS) is 20.1. The summed E-state index contributed by atoms with van der Waals surface area (Å²) in [6.07, 6.45) is 0. The Kier molecular flexibility index (Phi) is 3.42. The van der Waals surface area contributed by atoms with Gasteiger partial charge in [-0.3, -0.25) is 4.79 Å². The van der Waals surface area contributed by atoms with Gasteiger partial charge in [-0.05, 0) is 34.9 Å². The van der Waals surface area contributed by atoms with E-state index in [1.807, 2.05) is 6.07 Å². The number of benzene rings is 1. The molecule has 3 nitrogen and oxygen atoms in total. The van der Waals surface area contributed by atoms with Gasteiger partial charge in [0.15, 0.2) is 0 Å². The highest BCUT2D eigenvalue weighted by molar-refractivity contribution is 9.10. The number of carbonyl (C=O) groups excluding carboxylic acids is 1. The summed E-state index contributed by atoms with van der Waals surface area (Å²) in [6, 6.07) is 5.33. The predicted molar refractivity (Wildman–Crippen MR) is 81.9 cm³/mol. The van der Waals surface area contributed by atoms with Crippen LogP contribution in [0.15, 0.2) is 22.7 Å². The second kappa shape index (κ2) is 4.51. The predicted octanol–water partition coefficient (Wildman–Crippen LogP) is 3.44. The quantitative estimate of drug-likeness (QED) is 0.837. The third-order valence-corrected chi connectivity index (χ3v) is 5.54. The van der Waals surface area contributed by atoms with E-state index < -0.39 is 0 Å².